The number of benzene rings is 6. The molecule has 25 heteroatoms. The van der Waals surface area contributed by atoms with Gasteiger partial charge in [-0.1, -0.05) is 166 Å². The van der Waals surface area contributed by atoms with Crippen LogP contribution in [-0.4, -0.2) is 79.0 Å². The minimum atomic E-state index is -6.09. The van der Waals surface area contributed by atoms with Gasteiger partial charge in [-0.05, 0) is 164 Å². The fraction of sp³-hybridized carbons (Fsp3) is 0.526. The molecule has 0 aromatic heterocycles. The Bertz CT molecular complexity index is 3690. The van der Waals surface area contributed by atoms with Gasteiger partial charge in [0.05, 0.1) is 28.4 Å². The topological polar surface area (TPSA) is 188 Å². The Morgan fingerprint density at radius 1 is 0.337 bits per heavy atom. The molecule has 6 aromatic carbocycles. The molecule has 14 nitrogen and oxygen atoms in total. The molecule has 0 saturated carbocycles. The fourth-order valence-corrected chi connectivity index (χ4v) is 17.0. The van der Waals surface area contributed by atoms with E-state index in [9.17, 15) is 26.3 Å². The Morgan fingerprint density at radius 2 is 0.505 bits per heavy atom. The van der Waals surface area contributed by atoms with Gasteiger partial charge >= 0.3 is 31.4 Å². The maximum atomic E-state index is 10.7. The first-order valence-corrected chi connectivity index (χ1v) is 38.0. The molecule has 0 saturated heterocycles. The number of halogens is 6. The molecule has 0 aliphatic carbocycles. The van der Waals surface area contributed by atoms with Crippen LogP contribution in [0, 0.1) is 0 Å². The van der Waals surface area contributed by atoms with Crippen molar-refractivity contribution in [1.82, 2.24) is 0 Å². The zero-order valence-corrected chi connectivity index (χ0v) is 68.3. The summed E-state index contributed by atoms with van der Waals surface area (Å²) in [7, 11) is -7.90. The van der Waals surface area contributed by atoms with Gasteiger partial charge in [0.2, 0.25) is 13.6 Å². The van der Waals surface area contributed by atoms with Gasteiger partial charge in [-0.15, -0.1) is 0 Å². The summed E-state index contributed by atoms with van der Waals surface area (Å²) in [6.45, 7) is 55.2. The largest absolute Gasteiger partial charge is 2.00 e. The van der Waals surface area contributed by atoms with E-state index in [0.29, 0.717) is 23.0 Å². The summed E-state index contributed by atoms with van der Waals surface area (Å²) in [6, 6.07) is 28.4. The standard InChI is InChI=1S/C74H100O8P2.2CHF3O3S.Pd/c1-67(2,3)47-33-43(34-48(61(47)75-25)68(4,5)6)83(44-35-49(69(7,8)9)62(76-26)50(36-44)70(10,11)12)57-31-29-55-65(81-41-79-55)59(57)60-58(32-30-56-66(60)82-42-80-56)84(45-37-51(71(13,14)15)63(77-27)52(38-45)72(16,17)18)46-39-53(73(19,20)21)64(78-28)54(40-46)74(22,23)24;2*2-1(3,4)8(5,6)7;/h29-40H,41-42H2,1-28H3;2*(H,5,6,7);/q;;;+2/p-2. The Morgan fingerprint density at radius 3 is 0.644 bits per heavy atom. The number of rotatable bonds is 11. The van der Waals surface area contributed by atoms with E-state index in [2.05, 4.69) is 239 Å². The number of hydrogen-bond donors (Lipinski definition) is 0. The van der Waals surface area contributed by atoms with E-state index in [-0.39, 0.29) is 77.3 Å². The molecule has 6 aromatic rings. The Kier molecular flexibility index (Phi) is 25.5. The number of alkyl halides is 6. The van der Waals surface area contributed by atoms with E-state index < -0.39 is 47.1 Å². The minimum absolute atomic E-state index is 0. The van der Waals surface area contributed by atoms with E-state index in [4.69, 9.17) is 63.8 Å². The summed E-state index contributed by atoms with van der Waals surface area (Å²) in [4.78, 5) is 0. The van der Waals surface area contributed by atoms with Crippen molar-refractivity contribution in [3.8, 4) is 57.1 Å². The fourth-order valence-electron chi connectivity index (χ4n) is 11.9. The van der Waals surface area contributed by atoms with E-state index in [1.165, 1.54) is 21.2 Å². The molecule has 0 atom stereocenters. The average molecular weight is 1580 g/mol. The molecule has 2 aliphatic heterocycles. The molecule has 0 spiro atoms. The third kappa shape index (κ3) is 19.0. The monoisotopic (exact) mass is 1580 g/mol. The van der Waals surface area contributed by atoms with Gasteiger partial charge in [0.25, 0.3) is 0 Å². The zero-order chi connectivity index (χ0) is 76.6. The molecule has 2 heterocycles. The van der Waals surface area contributed by atoms with Crippen LogP contribution in [0.3, 0.4) is 0 Å². The van der Waals surface area contributed by atoms with Crippen molar-refractivity contribution >= 4 is 67.9 Å². The smallest absolute Gasteiger partial charge is 0.741 e. The molecular formula is C76H100F6O14P2PdS2. The first-order chi connectivity index (χ1) is 45.1. The van der Waals surface area contributed by atoms with Crippen molar-refractivity contribution in [2.45, 2.75) is 221 Å². The summed E-state index contributed by atoms with van der Waals surface area (Å²) in [5.41, 5.74) is -2.50. The molecule has 0 fully saturated rings. The average Bonchev–Trinajstić information content (AvgIpc) is 0.937. The van der Waals surface area contributed by atoms with Crippen LogP contribution in [0.1, 0.15) is 211 Å². The van der Waals surface area contributed by atoms with Crippen molar-refractivity contribution in [2.24, 2.45) is 0 Å². The van der Waals surface area contributed by atoms with Crippen LogP contribution in [-0.2, 0) is 84.0 Å². The van der Waals surface area contributed by atoms with E-state index >= 15 is 0 Å². The van der Waals surface area contributed by atoms with Crippen LogP contribution in [0.15, 0.2) is 72.8 Å². The third-order valence-corrected chi connectivity index (χ3v) is 22.9. The molecule has 0 radical (unpaired) electrons. The molecule has 562 valence electrons. The van der Waals surface area contributed by atoms with E-state index in [1.54, 1.807) is 0 Å². The molecule has 101 heavy (non-hydrogen) atoms. The second kappa shape index (κ2) is 29.9. The van der Waals surface area contributed by atoms with Gasteiger partial charge in [-0.3, -0.25) is 0 Å². The Labute approximate surface area is 611 Å². The summed E-state index contributed by atoms with van der Waals surface area (Å²) in [5.74, 6) is 6.42. The molecule has 2 aliphatic rings. The summed E-state index contributed by atoms with van der Waals surface area (Å²) in [6.07, 6.45) is 0. The van der Waals surface area contributed by atoms with Gasteiger partial charge in [-0.2, -0.15) is 26.3 Å². The molecule has 8 rings (SSSR count). The van der Waals surface area contributed by atoms with Crippen molar-refractivity contribution in [1.29, 1.82) is 0 Å². The molecule has 0 unspecified atom stereocenters. The SMILES string of the molecule is COc1c(C(C)(C)C)cc(P(c2cc(C(C)(C)C)c(OC)c(C(C)(C)C)c2)c2ccc3c(c2-c2c(P(c4cc(C(C)(C)C)c(OC)c(C(C)(C)C)c4)c4cc(C(C)(C)C)c(OC)c(C(C)(C)C)c4)ccc4c2OCO4)OCO3)cc1C(C)(C)C.O=S(=O)([O-])C(F)(F)F.O=S(=O)([O-])C(F)(F)F.[Pd+2]. The van der Waals surface area contributed by atoms with Gasteiger partial charge in [-0.25, -0.2) is 16.8 Å². The predicted molar refractivity (Wildman–Crippen MR) is 389 cm³/mol. The van der Waals surface area contributed by atoms with Crippen LogP contribution in [0.2, 0.25) is 0 Å². The Hall–Kier alpha value is -5.36. The predicted octanol–water partition coefficient (Wildman–Crippen LogP) is 16.8. The first-order valence-electron chi connectivity index (χ1n) is 32.5. The van der Waals surface area contributed by atoms with Crippen LogP contribution in [0.4, 0.5) is 26.3 Å². The summed E-state index contributed by atoms with van der Waals surface area (Å²) in [5, 5.41) is 6.98. The van der Waals surface area contributed by atoms with Gasteiger partial charge in [0.15, 0.2) is 43.2 Å². The van der Waals surface area contributed by atoms with Crippen molar-refractivity contribution in [3.05, 3.63) is 117 Å². The molecule has 0 bridgehead atoms. The van der Waals surface area contributed by atoms with Crippen LogP contribution >= 0.6 is 15.8 Å². The zero-order valence-electron chi connectivity index (χ0n) is 63.4. The summed E-state index contributed by atoms with van der Waals surface area (Å²) >= 11 is 0. The normalized spacial score (nSPS) is 14.0. The second-order valence-electron chi connectivity index (χ2n) is 33.2. The number of hydrogen-bond acceptors (Lipinski definition) is 14. The molecule has 0 amide bonds. The van der Waals surface area contributed by atoms with E-state index in [0.717, 1.165) is 89.2 Å². The van der Waals surface area contributed by atoms with Crippen LogP contribution in [0.5, 0.6) is 46.0 Å². The summed E-state index contributed by atoms with van der Waals surface area (Å²) < 4.78 is 171. The quantitative estimate of drug-likeness (QED) is 0.0392. The first kappa shape index (κ1) is 86.3. The van der Waals surface area contributed by atoms with Crippen LogP contribution in [0.25, 0.3) is 11.1 Å². The molecular weight excluding hydrogens is 1480 g/mol. The maximum Gasteiger partial charge on any atom is 2.00 e. The number of fused-ring (bicyclic) bond motifs is 2. The number of methoxy groups -OCH3 is 4. The van der Waals surface area contributed by atoms with E-state index in [1.807, 2.05) is 28.4 Å². The van der Waals surface area contributed by atoms with Crippen molar-refractivity contribution in [3.63, 3.8) is 0 Å². The maximum absolute atomic E-state index is 10.7. The van der Waals surface area contributed by atoms with Crippen LogP contribution < -0.4 is 69.7 Å². The minimum Gasteiger partial charge on any atom is -0.741 e. The van der Waals surface area contributed by atoms with Crippen molar-refractivity contribution < 1.29 is 111 Å². The van der Waals surface area contributed by atoms with Gasteiger partial charge in [0.1, 0.15) is 23.0 Å². The number of ether oxygens (including phenoxy) is 8. The molecule has 0 N–H and O–H groups in total. The Balaban J connectivity index is 0.000000963. The third-order valence-electron chi connectivity index (χ3n) is 16.9. The van der Waals surface area contributed by atoms with Gasteiger partial charge < -0.3 is 47.0 Å². The van der Waals surface area contributed by atoms with Crippen molar-refractivity contribution in [2.75, 3.05) is 42.0 Å². The van der Waals surface area contributed by atoms with Gasteiger partial charge in [0, 0.05) is 55.6 Å². The second-order valence-corrected chi connectivity index (χ2v) is 40.3.